The maximum atomic E-state index is 11.0. The highest BCUT2D eigenvalue weighted by Gasteiger charge is 2.08. The van der Waals surface area contributed by atoms with Gasteiger partial charge in [0.15, 0.2) is 0 Å². The Labute approximate surface area is 74.9 Å². The van der Waals surface area contributed by atoms with Gasteiger partial charge in [-0.25, -0.2) is 4.79 Å². The zero-order valence-corrected chi connectivity index (χ0v) is 7.81. The van der Waals surface area contributed by atoms with Crippen molar-refractivity contribution in [1.29, 1.82) is 0 Å². The number of thiophene rings is 1. The lowest BCUT2D eigenvalue weighted by Crippen LogP contribution is -1.97. The summed E-state index contributed by atoms with van der Waals surface area (Å²) in [5.74, 6) is 0.411. The Morgan fingerprint density at radius 2 is 2.42 bits per heavy atom. The van der Waals surface area contributed by atoms with Crippen LogP contribution in [0, 0.1) is 0 Å². The predicted octanol–water partition coefficient (Wildman–Crippen LogP) is 1.93. The summed E-state index contributed by atoms with van der Waals surface area (Å²) in [6.07, 6.45) is 0. The maximum absolute atomic E-state index is 11.0. The van der Waals surface area contributed by atoms with Gasteiger partial charge in [-0.2, -0.15) is 0 Å². The van der Waals surface area contributed by atoms with Gasteiger partial charge in [0.05, 0.1) is 13.7 Å². The largest absolute Gasteiger partial charge is 0.493 e. The third-order valence-corrected chi connectivity index (χ3v) is 2.16. The van der Waals surface area contributed by atoms with Crippen LogP contribution in [-0.4, -0.2) is 19.7 Å². The number of rotatable bonds is 3. The SMILES string of the molecule is CCOc1csc(C(=O)OC)c1. The van der Waals surface area contributed by atoms with Crippen LogP contribution < -0.4 is 4.74 Å². The van der Waals surface area contributed by atoms with E-state index in [2.05, 4.69) is 4.74 Å². The molecule has 1 aromatic heterocycles. The van der Waals surface area contributed by atoms with E-state index < -0.39 is 0 Å². The molecule has 66 valence electrons. The van der Waals surface area contributed by atoms with Crippen LogP contribution in [0.2, 0.25) is 0 Å². The molecular formula is C8H10O3S. The van der Waals surface area contributed by atoms with Crippen LogP contribution in [0.15, 0.2) is 11.4 Å². The van der Waals surface area contributed by atoms with E-state index in [1.807, 2.05) is 6.92 Å². The fraction of sp³-hybridized carbons (Fsp3) is 0.375. The lowest BCUT2D eigenvalue weighted by molar-refractivity contribution is 0.0606. The van der Waals surface area contributed by atoms with Crippen LogP contribution in [-0.2, 0) is 4.74 Å². The van der Waals surface area contributed by atoms with Crippen molar-refractivity contribution in [1.82, 2.24) is 0 Å². The highest BCUT2D eigenvalue weighted by molar-refractivity contribution is 7.12. The van der Waals surface area contributed by atoms with Crippen LogP contribution in [0.4, 0.5) is 0 Å². The van der Waals surface area contributed by atoms with Gasteiger partial charge in [-0.15, -0.1) is 11.3 Å². The molecule has 1 aromatic rings. The third kappa shape index (κ3) is 1.98. The van der Waals surface area contributed by atoms with Gasteiger partial charge in [-0.05, 0) is 6.92 Å². The highest BCUT2D eigenvalue weighted by Crippen LogP contribution is 2.21. The minimum Gasteiger partial charge on any atom is -0.493 e. The zero-order chi connectivity index (χ0) is 8.97. The van der Waals surface area contributed by atoms with Crippen LogP contribution >= 0.6 is 11.3 Å². The second kappa shape index (κ2) is 4.11. The first kappa shape index (κ1) is 9.06. The molecule has 0 aromatic carbocycles. The summed E-state index contributed by atoms with van der Waals surface area (Å²) in [5.41, 5.74) is 0. The normalized spacial score (nSPS) is 9.50. The molecule has 0 spiro atoms. The topological polar surface area (TPSA) is 35.5 Å². The lowest BCUT2D eigenvalue weighted by Gasteiger charge is -1.95. The molecule has 0 saturated carbocycles. The first-order valence-electron chi connectivity index (χ1n) is 3.57. The maximum Gasteiger partial charge on any atom is 0.348 e. The Hall–Kier alpha value is -1.03. The van der Waals surface area contributed by atoms with Crippen LogP contribution in [0.1, 0.15) is 16.6 Å². The van der Waals surface area contributed by atoms with Crippen molar-refractivity contribution in [2.45, 2.75) is 6.92 Å². The van der Waals surface area contributed by atoms with Gasteiger partial charge in [-0.1, -0.05) is 0 Å². The summed E-state index contributed by atoms with van der Waals surface area (Å²) in [4.78, 5) is 11.5. The van der Waals surface area contributed by atoms with E-state index >= 15 is 0 Å². The quantitative estimate of drug-likeness (QED) is 0.677. The van der Waals surface area contributed by atoms with Crippen molar-refractivity contribution in [3.05, 3.63) is 16.3 Å². The van der Waals surface area contributed by atoms with E-state index in [0.717, 1.165) is 5.75 Å². The molecule has 1 heterocycles. The van der Waals surface area contributed by atoms with Crippen LogP contribution in [0.3, 0.4) is 0 Å². The van der Waals surface area contributed by atoms with Gasteiger partial charge in [0.2, 0.25) is 0 Å². The average Bonchev–Trinajstić information content (AvgIpc) is 2.52. The third-order valence-electron chi connectivity index (χ3n) is 1.27. The molecule has 0 aliphatic rings. The van der Waals surface area contributed by atoms with Crippen molar-refractivity contribution in [2.24, 2.45) is 0 Å². The molecule has 0 atom stereocenters. The number of hydrogen-bond acceptors (Lipinski definition) is 4. The van der Waals surface area contributed by atoms with Gasteiger partial charge >= 0.3 is 5.97 Å². The van der Waals surface area contributed by atoms with Gasteiger partial charge in [0.1, 0.15) is 10.6 Å². The van der Waals surface area contributed by atoms with Gasteiger partial charge in [-0.3, -0.25) is 0 Å². The van der Waals surface area contributed by atoms with Crippen molar-refractivity contribution >= 4 is 17.3 Å². The Balaban J connectivity index is 2.70. The van der Waals surface area contributed by atoms with E-state index in [-0.39, 0.29) is 5.97 Å². The number of carbonyl (C=O) groups is 1. The van der Waals surface area contributed by atoms with E-state index in [1.165, 1.54) is 18.4 Å². The Bertz CT molecular complexity index is 267. The Kier molecular flexibility index (Phi) is 3.10. The Morgan fingerprint density at radius 3 is 3.00 bits per heavy atom. The molecule has 0 bridgehead atoms. The van der Waals surface area contributed by atoms with Crippen LogP contribution in [0.5, 0.6) is 5.75 Å². The van der Waals surface area contributed by atoms with Crippen molar-refractivity contribution in [3.8, 4) is 5.75 Å². The molecular weight excluding hydrogens is 176 g/mol. The molecule has 0 radical (unpaired) electrons. The number of hydrogen-bond donors (Lipinski definition) is 0. The zero-order valence-electron chi connectivity index (χ0n) is 6.99. The van der Waals surface area contributed by atoms with E-state index in [9.17, 15) is 4.79 Å². The molecule has 0 aliphatic carbocycles. The van der Waals surface area contributed by atoms with Gasteiger partial charge in [0.25, 0.3) is 0 Å². The lowest BCUT2D eigenvalue weighted by atomic mass is 10.4. The molecule has 0 aliphatic heterocycles. The molecule has 1 rings (SSSR count). The number of methoxy groups -OCH3 is 1. The molecule has 3 nitrogen and oxygen atoms in total. The Morgan fingerprint density at radius 1 is 1.67 bits per heavy atom. The monoisotopic (exact) mass is 186 g/mol. The predicted molar refractivity (Wildman–Crippen MR) is 46.8 cm³/mol. The fourth-order valence-electron chi connectivity index (χ4n) is 0.769. The summed E-state index contributed by atoms with van der Waals surface area (Å²) in [7, 11) is 1.36. The molecule has 0 N–H and O–H groups in total. The number of ether oxygens (including phenoxy) is 2. The van der Waals surface area contributed by atoms with E-state index in [1.54, 1.807) is 11.4 Å². The van der Waals surface area contributed by atoms with Crippen molar-refractivity contribution in [3.63, 3.8) is 0 Å². The number of carbonyl (C=O) groups excluding carboxylic acids is 1. The van der Waals surface area contributed by atoms with E-state index in [0.29, 0.717) is 11.5 Å². The van der Waals surface area contributed by atoms with Crippen LogP contribution in [0.25, 0.3) is 0 Å². The summed E-state index contributed by atoms with van der Waals surface area (Å²) in [6, 6.07) is 1.68. The molecule has 0 amide bonds. The molecule has 12 heavy (non-hydrogen) atoms. The second-order valence-electron chi connectivity index (χ2n) is 2.07. The molecule has 0 saturated heterocycles. The highest BCUT2D eigenvalue weighted by atomic mass is 32.1. The molecule has 0 fully saturated rings. The van der Waals surface area contributed by atoms with Crippen molar-refractivity contribution < 1.29 is 14.3 Å². The molecule has 4 heteroatoms. The first-order chi connectivity index (χ1) is 5.77. The first-order valence-corrected chi connectivity index (χ1v) is 4.45. The minimum atomic E-state index is -0.314. The minimum absolute atomic E-state index is 0.314. The standard InChI is InChI=1S/C8H10O3S/c1-3-11-6-4-7(12-5-6)8(9)10-2/h4-5H,3H2,1-2H3. The fourth-order valence-corrected chi connectivity index (χ4v) is 1.51. The van der Waals surface area contributed by atoms with Gasteiger partial charge < -0.3 is 9.47 Å². The van der Waals surface area contributed by atoms with Gasteiger partial charge in [0, 0.05) is 11.4 Å². The van der Waals surface area contributed by atoms with Crippen molar-refractivity contribution in [2.75, 3.05) is 13.7 Å². The average molecular weight is 186 g/mol. The summed E-state index contributed by atoms with van der Waals surface area (Å²) >= 11 is 1.32. The smallest absolute Gasteiger partial charge is 0.348 e. The second-order valence-corrected chi connectivity index (χ2v) is 2.98. The van der Waals surface area contributed by atoms with E-state index in [4.69, 9.17) is 4.74 Å². The number of esters is 1. The summed E-state index contributed by atoms with van der Waals surface area (Å²) in [6.45, 7) is 2.51. The summed E-state index contributed by atoms with van der Waals surface area (Å²) < 4.78 is 9.73. The molecule has 0 unspecified atom stereocenters. The summed E-state index contributed by atoms with van der Waals surface area (Å²) in [5, 5.41) is 1.79.